The molecular formula is C19H19NO3. The van der Waals surface area contributed by atoms with Gasteiger partial charge in [0, 0.05) is 0 Å². The lowest BCUT2D eigenvalue weighted by Gasteiger charge is -2.08. The fraction of sp³-hybridized carbons (Fsp3) is 0.211. The van der Waals surface area contributed by atoms with Crippen molar-refractivity contribution in [2.24, 2.45) is 0 Å². The summed E-state index contributed by atoms with van der Waals surface area (Å²) in [7, 11) is 1.60. The van der Waals surface area contributed by atoms with Crippen molar-refractivity contribution in [3.63, 3.8) is 0 Å². The van der Waals surface area contributed by atoms with E-state index in [1.807, 2.05) is 55.5 Å². The van der Waals surface area contributed by atoms with Crippen molar-refractivity contribution in [3.8, 4) is 23.3 Å². The van der Waals surface area contributed by atoms with E-state index in [1.54, 1.807) is 7.11 Å². The average molecular weight is 309 g/mol. The summed E-state index contributed by atoms with van der Waals surface area (Å²) in [6, 6.07) is 15.1. The second kappa shape index (κ2) is 8.50. The summed E-state index contributed by atoms with van der Waals surface area (Å²) in [6.45, 7) is 2.17. The van der Waals surface area contributed by atoms with Crippen LogP contribution in [0.15, 0.2) is 48.5 Å². The number of aryl methyl sites for hydroxylation is 1. The van der Waals surface area contributed by atoms with Crippen molar-refractivity contribution in [2.45, 2.75) is 6.92 Å². The molecule has 2 aromatic carbocycles. The van der Waals surface area contributed by atoms with E-state index in [4.69, 9.17) is 9.47 Å². The van der Waals surface area contributed by atoms with Crippen LogP contribution in [0, 0.1) is 18.8 Å². The Bertz CT molecular complexity index is 729. The van der Waals surface area contributed by atoms with Crippen molar-refractivity contribution in [3.05, 3.63) is 59.7 Å². The number of amides is 1. The van der Waals surface area contributed by atoms with Gasteiger partial charge < -0.3 is 14.8 Å². The van der Waals surface area contributed by atoms with E-state index >= 15 is 0 Å². The van der Waals surface area contributed by atoms with Crippen molar-refractivity contribution in [1.82, 2.24) is 5.32 Å². The Kier molecular flexibility index (Phi) is 6.07. The molecule has 2 rings (SSSR count). The lowest BCUT2D eigenvalue weighted by molar-refractivity contribution is -0.122. The van der Waals surface area contributed by atoms with Gasteiger partial charge in [-0.25, -0.2) is 0 Å². The molecule has 0 heterocycles. The molecule has 0 saturated carbocycles. The van der Waals surface area contributed by atoms with Crippen LogP contribution in [0.4, 0.5) is 0 Å². The molecule has 4 heteroatoms. The molecule has 118 valence electrons. The fourth-order valence-corrected chi connectivity index (χ4v) is 1.94. The van der Waals surface area contributed by atoms with Gasteiger partial charge in [-0.3, -0.25) is 4.79 Å². The highest BCUT2D eigenvalue weighted by Gasteiger charge is 2.03. The molecule has 0 unspecified atom stereocenters. The van der Waals surface area contributed by atoms with Crippen LogP contribution >= 0.6 is 0 Å². The molecule has 0 saturated heterocycles. The summed E-state index contributed by atoms with van der Waals surface area (Å²) in [6.07, 6.45) is 0. The zero-order valence-corrected chi connectivity index (χ0v) is 13.3. The highest BCUT2D eigenvalue weighted by Crippen LogP contribution is 2.16. The predicted octanol–water partition coefficient (Wildman–Crippen LogP) is 2.55. The molecule has 0 aliphatic carbocycles. The number of para-hydroxylation sites is 2. The lowest BCUT2D eigenvalue weighted by Crippen LogP contribution is -2.29. The summed E-state index contributed by atoms with van der Waals surface area (Å²) in [5, 5.41) is 2.70. The van der Waals surface area contributed by atoms with Crippen LogP contribution < -0.4 is 14.8 Å². The minimum absolute atomic E-state index is 0.0266. The van der Waals surface area contributed by atoms with Crippen molar-refractivity contribution < 1.29 is 14.3 Å². The molecule has 2 aromatic rings. The van der Waals surface area contributed by atoms with E-state index < -0.39 is 0 Å². The lowest BCUT2D eigenvalue weighted by atomic mass is 10.2. The molecule has 1 amide bonds. The van der Waals surface area contributed by atoms with Crippen molar-refractivity contribution in [2.75, 3.05) is 20.3 Å². The Balaban J connectivity index is 1.79. The molecule has 1 N–H and O–H groups in total. The van der Waals surface area contributed by atoms with Gasteiger partial charge in [-0.05, 0) is 30.7 Å². The van der Waals surface area contributed by atoms with Gasteiger partial charge in [0.1, 0.15) is 11.5 Å². The summed E-state index contributed by atoms with van der Waals surface area (Å²) in [5.74, 6) is 7.09. The van der Waals surface area contributed by atoms with E-state index in [0.717, 1.165) is 11.1 Å². The number of carbonyl (C=O) groups excluding carboxylic acids is 1. The molecule has 0 fully saturated rings. The SMILES string of the molecule is COc1ccccc1C#CCNC(=O)COc1ccccc1C. The molecule has 0 aromatic heterocycles. The van der Waals surface area contributed by atoms with Crippen LogP contribution in [-0.4, -0.2) is 26.2 Å². The first-order valence-corrected chi connectivity index (χ1v) is 7.27. The third kappa shape index (κ3) is 5.08. The van der Waals surface area contributed by atoms with Gasteiger partial charge in [0.2, 0.25) is 0 Å². The monoisotopic (exact) mass is 309 g/mol. The minimum Gasteiger partial charge on any atom is -0.495 e. The normalized spacial score (nSPS) is 9.48. The molecule has 0 atom stereocenters. The van der Waals surface area contributed by atoms with Gasteiger partial charge in [-0.15, -0.1) is 0 Å². The first kappa shape index (κ1) is 16.4. The zero-order valence-electron chi connectivity index (χ0n) is 13.3. The highest BCUT2D eigenvalue weighted by atomic mass is 16.5. The van der Waals surface area contributed by atoms with E-state index in [9.17, 15) is 4.79 Å². The van der Waals surface area contributed by atoms with Gasteiger partial charge in [0.15, 0.2) is 6.61 Å². The van der Waals surface area contributed by atoms with Crippen LogP contribution in [-0.2, 0) is 4.79 Å². The van der Waals surface area contributed by atoms with Gasteiger partial charge in [-0.1, -0.05) is 42.2 Å². The summed E-state index contributed by atoms with van der Waals surface area (Å²) >= 11 is 0. The Hall–Kier alpha value is -2.93. The highest BCUT2D eigenvalue weighted by molar-refractivity contribution is 5.77. The maximum atomic E-state index is 11.7. The number of nitrogens with one attached hydrogen (secondary N) is 1. The number of ether oxygens (including phenoxy) is 2. The van der Waals surface area contributed by atoms with Gasteiger partial charge in [0.05, 0.1) is 19.2 Å². The summed E-state index contributed by atoms with van der Waals surface area (Å²) in [5.41, 5.74) is 1.79. The first-order valence-electron chi connectivity index (χ1n) is 7.27. The topological polar surface area (TPSA) is 47.6 Å². The molecule has 0 aliphatic rings. The predicted molar refractivity (Wildman–Crippen MR) is 89.6 cm³/mol. The van der Waals surface area contributed by atoms with E-state index in [1.165, 1.54) is 0 Å². The molecule has 4 nitrogen and oxygen atoms in total. The third-order valence-electron chi connectivity index (χ3n) is 3.16. The number of hydrogen-bond acceptors (Lipinski definition) is 3. The zero-order chi connectivity index (χ0) is 16.5. The van der Waals surface area contributed by atoms with Crippen LogP contribution in [0.5, 0.6) is 11.5 Å². The average Bonchev–Trinajstić information content (AvgIpc) is 2.58. The standard InChI is InChI=1S/C19H19NO3/c1-15-8-3-5-11-17(15)23-14-19(21)20-13-7-10-16-9-4-6-12-18(16)22-2/h3-6,8-9,11-12H,13-14H2,1-2H3,(H,20,21). The Morgan fingerprint density at radius 2 is 1.78 bits per heavy atom. The van der Waals surface area contributed by atoms with Gasteiger partial charge >= 0.3 is 0 Å². The largest absolute Gasteiger partial charge is 0.495 e. The number of methoxy groups -OCH3 is 1. The number of carbonyl (C=O) groups is 1. The van der Waals surface area contributed by atoms with Crippen molar-refractivity contribution in [1.29, 1.82) is 0 Å². The molecule has 0 spiro atoms. The number of rotatable bonds is 5. The van der Waals surface area contributed by atoms with E-state index in [-0.39, 0.29) is 19.1 Å². The summed E-state index contributed by atoms with van der Waals surface area (Å²) < 4.78 is 10.7. The van der Waals surface area contributed by atoms with Crippen LogP contribution in [0.3, 0.4) is 0 Å². The molecule has 0 radical (unpaired) electrons. The van der Waals surface area contributed by atoms with E-state index in [0.29, 0.717) is 11.5 Å². The minimum atomic E-state index is -0.206. The maximum absolute atomic E-state index is 11.7. The molecule has 0 bridgehead atoms. The molecule has 0 aliphatic heterocycles. The molecular weight excluding hydrogens is 290 g/mol. The van der Waals surface area contributed by atoms with Crippen LogP contribution in [0.1, 0.15) is 11.1 Å². The second-order valence-electron chi connectivity index (χ2n) is 4.83. The summed E-state index contributed by atoms with van der Waals surface area (Å²) in [4.78, 5) is 11.7. The second-order valence-corrected chi connectivity index (χ2v) is 4.83. The number of hydrogen-bond donors (Lipinski definition) is 1. The smallest absolute Gasteiger partial charge is 0.258 e. The number of benzene rings is 2. The quantitative estimate of drug-likeness (QED) is 0.864. The Morgan fingerprint density at radius 1 is 1.09 bits per heavy atom. The molecule has 23 heavy (non-hydrogen) atoms. The van der Waals surface area contributed by atoms with Gasteiger partial charge in [-0.2, -0.15) is 0 Å². The van der Waals surface area contributed by atoms with Crippen LogP contribution in [0.2, 0.25) is 0 Å². The third-order valence-corrected chi connectivity index (χ3v) is 3.16. The maximum Gasteiger partial charge on any atom is 0.258 e. The fourth-order valence-electron chi connectivity index (χ4n) is 1.94. The van der Waals surface area contributed by atoms with Gasteiger partial charge in [0.25, 0.3) is 5.91 Å². The van der Waals surface area contributed by atoms with Crippen molar-refractivity contribution >= 4 is 5.91 Å². The Morgan fingerprint density at radius 3 is 2.52 bits per heavy atom. The van der Waals surface area contributed by atoms with E-state index in [2.05, 4.69) is 17.2 Å². The van der Waals surface area contributed by atoms with Crippen LogP contribution in [0.25, 0.3) is 0 Å². The first-order chi connectivity index (χ1) is 11.2. The Labute approximate surface area is 136 Å².